The van der Waals surface area contributed by atoms with E-state index in [1.165, 1.54) is 23.5 Å². The fourth-order valence-electron chi connectivity index (χ4n) is 1.36. The smallest absolute Gasteiger partial charge is 0.179 e. The molecule has 0 amide bonds. The average molecular weight is 275 g/mol. The maximum absolute atomic E-state index is 9.41. The first-order valence-corrected chi connectivity index (χ1v) is 5.51. The van der Waals surface area contributed by atoms with Crippen molar-refractivity contribution in [2.45, 2.75) is 24.8 Å². The predicted molar refractivity (Wildman–Crippen MR) is 62.7 cm³/mol. The number of hydrogen-bond acceptors (Lipinski definition) is 9. The molecule has 6 N–H and O–H groups in total. The van der Waals surface area contributed by atoms with Crippen molar-refractivity contribution >= 4 is 5.82 Å². The van der Waals surface area contributed by atoms with Gasteiger partial charge < -0.3 is 35.5 Å². The largest absolute Gasteiger partial charge is 0.386 e. The summed E-state index contributed by atoms with van der Waals surface area (Å²) in [6.07, 6.45) is -2.84. The van der Waals surface area contributed by atoms with Crippen LogP contribution in [0, 0.1) is 0 Å². The molecule has 0 aliphatic rings. The number of anilines is 1. The van der Waals surface area contributed by atoms with Crippen molar-refractivity contribution in [1.29, 1.82) is 0 Å². The summed E-state index contributed by atoms with van der Waals surface area (Å²) in [6, 6.07) is 0. The van der Waals surface area contributed by atoms with Gasteiger partial charge in [0.15, 0.2) is 12.6 Å². The summed E-state index contributed by atoms with van der Waals surface area (Å²) in [5.41, 5.74) is 0. The predicted octanol–water partition coefficient (Wildman–Crippen LogP) is -3.37. The molecule has 0 spiro atoms. The van der Waals surface area contributed by atoms with Crippen molar-refractivity contribution in [3.05, 3.63) is 18.6 Å². The summed E-state index contributed by atoms with van der Waals surface area (Å²) < 4.78 is 0. The fraction of sp³-hybridized carbons (Fsp3) is 0.600. The monoisotopic (exact) mass is 275 g/mol. The average Bonchev–Trinajstić information content (AvgIpc) is 2.38. The van der Waals surface area contributed by atoms with Gasteiger partial charge in [0.2, 0.25) is 0 Å². The maximum Gasteiger partial charge on any atom is 0.179 e. The highest BCUT2D eigenvalue weighted by Gasteiger charge is 2.23. The molecule has 0 saturated carbocycles. The molecule has 0 radical (unpaired) electrons. The zero-order valence-corrected chi connectivity index (χ0v) is 9.98. The molecule has 0 aromatic carbocycles. The molecule has 9 nitrogen and oxygen atoms in total. The van der Waals surface area contributed by atoms with Crippen LogP contribution in [0.15, 0.2) is 18.6 Å². The summed E-state index contributed by atoms with van der Waals surface area (Å²) in [7, 11) is 0. The number of aromatic nitrogens is 2. The Morgan fingerprint density at radius 2 is 1.42 bits per heavy atom. The van der Waals surface area contributed by atoms with Gasteiger partial charge in [-0.25, -0.2) is 4.98 Å². The van der Waals surface area contributed by atoms with Gasteiger partial charge in [0, 0.05) is 12.4 Å². The molecule has 1 aromatic heterocycles. The number of aliphatic hydroxyl groups excluding tert-OH is 4. The molecule has 0 aliphatic heterocycles. The molecular weight excluding hydrogens is 258 g/mol. The van der Waals surface area contributed by atoms with E-state index in [1.54, 1.807) is 0 Å². The first-order valence-electron chi connectivity index (χ1n) is 5.51. The van der Waals surface area contributed by atoms with Gasteiger partial charge in [0.25, 0.3) is 0 Å². The Kier molecular flexibility index (Phi) is 6.02. The van der Waals surface area contributed by atoms with Crippen LogP contribution in [0.4, 0.5) is 5.82 Å². The highest BCUT2D eigenvalue weighted by molar-refractivity contribution is 5.35. The van der Waals surface area contributed by atoms with E-state index < -0.39 is 24.8 Å². The first kappa shape index (κ1) is 15.7. The summed E-state index contributed by atoms with van der Waals surface area (Å²) in [5, 5.41) is 54.2. The first-order chi connectivity index (χ1) is 8.91. The second-order valence-electron chi connectivity index (χ2n) is 3.93. The molecule has 2 unspecified atom stereocenters. The Morgan fingerprint density at radius 1 is 0.895 bits per heavy atom. The molecule has 1 rings (SSSR count). The molecule has 9 heteroatoms. The van der Waals surface area contributed by atoms with Gasteiger partial charge >= 0.3 is 0 Å². The van der Waals surface area contributed by atoms with Crippen LogP contribution in [0.1, 0.15) is 0 Å². The number of aliphatic hydroxyl groups is 6. The van der Waals surface area contributed by atoms with Crippen LogP contribution < -0.4 is 4.90 Å². The molecule has 0 fully saturated rings. The van der Waals surface area contributed by atoms with Crippen LogP contribution in [0.3, 0.4) is 0 Å². The molecule has 0 saturated heterocycles. The SMILES string of the molecule is OC(O)C(O)CN(CC(O)C(O)O)c1cnccn1. The van der Waals surface area contributed by atoms with E-state index in [0.29, 0.717) is 0 Å². The van der Waals surface area contributed by atoms with E-state index in [0.717, 1.165) is 0 Å². The third-order valence-electron chi connectivity index (χ3n) is 2.38. The third kappa shape index (κ3) is 5.03. The van der Waals surface area contributed by atoms with Crippen molar-refractivity contribution in [3.63, 3.8) is 0 Å². The van der Waals surface area contributed by atoms with Gasteiger partial charge in [-0.1, -0.05) is 0 Å². The summed E-state index contributed by atoms with van der Waals surface area (Å²) in [5.74, 6) is 0.238. The van der Waals surface area contributed by atoms with Crippen LogP contribution >= 0.6 is 0 Å². The van der Waals surface area contributed by atoms with E-state index in [-0.39, 0.29) is 18.9 Å². The highest BCUT2D eigenvalue weighted by Crippen LogP contribution is 2.11. The maximum atomic E-state index is 9.41. The Hall–Kier alpha value is -1.36. The fourth-order valence-corrected chi connectivity index (χ4v) is 1.36. The van der Waals surface area contributed by atoms with Gasteiger partial charge in [0.1, 0.15) is 18.0 Å². The minimum Gasteiger partial charge on any atom is -0.386 e. The van der Waals surface area contributed by atoms with Crippen LogP contribution in [-0.4, -0.2) is 78.5 Å². The zero-order valence-electron chi connectivity index (χ0n) is 9.98. The Bertz CT molecular complexity index is 348. The lowest BCUT2D eigenvalue weighted by molar-refractivity contribution is -0.125. The quantitative estimate of drug-likeness (QED) is 0.280. The van der Waals surface area contributed by atoms with Gasteiger partial charge in [-0.3, -0.25) is 4.98 Å². The van der Waals surface area contributed by atoms with E-state index in [9.17, 15) is 10.2 Å². The van der Waals surface area contributed by atoms with Crippen molar-refractivity contribution in [3.8, 4) is 0 Å². The summed E-state index contributed by atoms with van der Waals surface area (Å²) in [4.78, 5) is 8.96. The van der Waals surface area contributed by atoms with Crippen molar-refractivity contribution in [1.82, 2.24) is 9.97 Å². The van der Waals surface area contributed by atoms with Crippen LogP contribution in [-0.2, 0) is 0 Å². The van der Waals surface area contributed by atoms with Crippen molar-refractivity contribution < 1.29 is 30.6 Å². The van der Waals surface area contributed by atoms with E-state index in [4.69, 9.17) is 20.4 Å². The minimum absolute atomic E-state index is 0.238. The Balaban J connectivity index is 2.79. The van der Waals surface area contributed by atoms with Crippen LogP contribution in [0.2, 0.25) is 0 Å². The number of nitrogens with zero attached hydrogens (tertiary/aromatic N) is 3. The van der Waals surface area contributed by atoms with E-state index in [1.807, 2.05) is 0 Å². The van der Waals surface area contributed by atoms with Crippen LogP contribution in [0.5, 0.6) is 0 Å². The van der Waals surface area contributed by atoms with Crippen LogP contribution in [0.25, 0.3) is 0 Å². The molecule has 108 valence electrons. The van der Waals surface area contributed by atoms with Gasteiger partial charge in [-0.15, -0.1) is 0 Å². The van der Waals surface area contributed by atoms with Crippen molar-refractivity contribution in [2.24, 2.45) is 0 Å². The lowest BCUT2D eigenvalue weighted by Gasteiger charge is -2.29. The van der Waals surface area contributed by atoms with Crippen molar-refractivity contribution in [2.75, 3.05) is 18.0 Å². The van der Waals surface area contributed by atoms with Gasteiger partial charge in [0.05, 0.1) is 19.3 Å². The van der Waals surface area contributed by atoms with Gasteiger partial charge in [-0.2, -0.15) is 0 Å². The topological polar surface area (TPSA) is 150 Å². The molecular formula is C10H17N3O6. The Morgan fingerprint density at radius 3 is 1.79 bits per heavy atom. The molecule has 0 aliphatic carbocycles. The molecule has 2 atom stereocenters. The second kappa shape index (κ2) is 7.28. The van der Waals surface area contributed by atoms with E-state index >= 15 is 0 Å². The summed E-state index contributed by atoms with van der Waals surface area (Å²) in [6.45, 7) is -0.555. The van der Waals surface area contributed by atoms with Gasteiger partial charge in [-0.05, 0) is 0 Å². The molecule has 0 bridgehead atoms. The third-order valence-corrected chi connectivity index (χ3v) is 2.38. The standard InChI is InChI=1S/C10H17N3O6/c14-6(9(16)17)4-13(5-7(15)10(18)19)8-3-11-1-2-12-8/h1-3,6-7,9-10,14-19H,4-5H2. The lowest BCUT2D eigenvalue weighted by atomic mass is 10.2. The molecule has 1 heterocycles. The normalized spacial score (nSPS) is 14.7. The Labute approximate surface area is 109 Å². The highest BCUT2D eigenvalue weighted by atomic mass is 16.5. The zero-order chi connectivity index (χ0) is 14.4. The second-order valence-corrected chi connectivity index (χ2v) is 3.93. The lowest BCUT2D eigenvalue weighted by Crippen LogP contribution is -2.45. The van der Waals surface area contributed by atoms with E-state index in [2.05, 4.69) is 9.97 Å². The molecule has 1 aromatic rings. The summed E-state index contributed by atoms with van der Waals surface area (Å²) >= 11 is 0. The number of rotatable bonds is 7. The molecule has 19 heavy (non-hydrogen) atoms. The minimum atomic E-state index is -1.96. The number of hydrogen-bond donors (Lipinski definition) is 6.